The highest BCUT2D eigenvalue weighted by Gasteiger charge is 2.48. The van der Waals surface area contributed by atoms with E-state index in [1.165, 1.54) is 5.57 Å². The summed E-state index contributed by atoms with van der Waals surface area (Å²) in [7, 11) is -3.53. The average Bonchev–Trinajstić information content (AvgIpc) is 3.28. The first-order valence-corrected chi connectivity index (χ1v) is 14.6. The second kappa shape index (κ2) is 11.4. The number of benzene rings is 2. The lowest BCUT2D eigenvalue weighted by Gasteiger charge is -2.39. The summed E-state index contributed by atoms with van der Waals surface area (Å²) in [4.78, 5) is 2.15. The highest BCUT2D eigenvalue weighted by molar-refractivity contribution is 7.90. The van der Waals surface area contributed by atoms with Crippen LogP contribution in [0.3, 0.4) is 0 Å². The molecule has 0 radical (unpaired) electrons. The number of nitrogens with one attached hydrogen (secondary N) is 1. The van der Waals surface area contributed by atoms with Crippen LogP contribution < -0.4 is 4.72 Å². The van der Waals surface area contributed by atoms with E-state index in [2.05, 4.69) is 34.3 Å². The van der Waals surface area contributed by atoms with Gasteiger partial charge in [0, 0.05) is 44.0 Å². The Kier molecular flexibility index (Phi) is 8.14. The predicted molar refractivity (Wildman–Crippen MR) is 144 cm³/mol. The third-order valence-electron chi connectivity index (χ3n) is 7.70. The monoisotopic (exact) mass is 562 g/mol. The minimum Gasteiger partial charge on any atom is -0.377 e. The van der Waals surface area contributed by atoms with Crippen molar-refractivity contribution >= 4 is 26.5 Å². The molecule has 1 aliphatic carbocycles. The Morgan fingerprint density at radius 1 is 1.13 bits per heavy atom. The normalized spacial score (nSPS) is 23.2. The molecule has 1 unspecified atom stereocenters. The van der Waals surface area contributed by atoms with Crippen molar-refractivity contribution in [3.8, 4) is 0 Å². The molecular weight excluding hydrogens is 529 g/mol. The van der Waals surface area contributed by atoms with E-state index in [-0.39, 0.29) is 19.1 Å². The molecule has 0 spiro atoms. The molecule has 1 fully saturated rings. The first-order chi connectivity index (χ1) is 18.6. The number of hydrogen-bond donors (Lipinski definition) is 1. The van der Waals surface area contributed by atoms with Gasteiger partial charge in [0.25, 0.3) is 0 Å². The highest BCUT2D eigenvalue weighted by Crippen LogP contribution is 2.31. The Balaban J connectivity index is 1.23. The number of ether oxygens (including phenoxy) is 1. The van der Waals surface area contributed by atoms with Gasteiger partial charge in [-0.1, -0.05) is 42.5 Å². The first kappa shape index (κ1) is 27.8. The van der Waals surface area contributed by atoms with Crippen LogP contribution in [-0.4, -0.2) is 60.4 Å². The topological polar surface area (TPSA) is 76.5 Å². The molecule has 0 bridgehead atoms. The van der Waals surface area contributed by atoms with Crippen LogP contribution in [0.1, 0.15) is 36.8 Å². The van der Waals surface area contributed by atoms with E-state index in [1.807, 2.05) is 53.0 Å². The number of fused-ring (bicyclic) bond motifs is 1. The van der Waals surface area contributed by atoms with Gasteiger partial charge in [0.15, 0.2) is 0 Å². The van der Waals surface area contributed by atoms with Gasteiger partial charge >= 0.3 is 15.5 Å². The number of likely N-dealkylation sites (tertiary alicyclic amines) is 1. The minimum absolute atomic E-state index is 0.0692. The van der Waals surface area contributed by atoms with Crippen molar-refractivity contribution in [3.05, 3.63) is 71.9 Å². The lowest BCUT2D eigenvalue weighted by Crippen LogP contribution is -2.54. The van der Waals surface area contributed by atoms with Crippen molar-refractivity contribution in [1.29, 1.82) is 0 Å². The number of piperidine rings is 1. The van der Waals surface area contributed by atoms with Crippen molar-refractivity contribution in [1.82, 2.24) is 19.4 Å². The Morgan fingerprint density at radius 3 is 2.64 bits per heavy atom. The summed E-state index contributed by atoms with van der Waals surface area (Å²) in [6.45, 7) is 1.77. The molecule has 7 nitrogen and oxygen atoms in total. The fourth-order valence-corrected chi connectivity index (χ4v) is 6.37. The molecular formula is C28H33F3N4O3S. The van der Waals surface area contributed by atoms with Crippen molar-refractivity contribution in [2.24, 2.45) is 13.0 Å². The second-order valence-electron chi connectivity index (χ2n) is 10.4. The predicted octanol–water partition coefficient (Wildman–Crippen LogP) is 4.86. The lowest BCUT2D eigenvalue weighted by molar-refractivity contribution is -0.0466. The Bertz CT molecular complexity index is 1420. The number of halogens is 3. The van der Waals surface area contributed by atoms with E-state index in [1.54, 1.807) is 0 Å². The van der Waals surface area contributed by atoms with Crippen LogP contribution >= 0.6 is 0 Å². The molecule has 5 rings (SSSR count). The molecule has 1 saturated heterocycles. The van der Waals surface area contributed by atoms with E-state index in [9.17, 15) is 21.6 Å². The van der Waals surface area contributed by atoms with Gasteiger partial charge in [0.05, 0.1) is 24.4 Å². The van der Waals surface area contributed by atoms with Crippen LogP contribution in [0.5, 0.6) is 0 Å². The quantitative estimate of drug-likeness (QED) is 0.425. The standard InChI is InChI=1S/C28H33F3N4O3S/c1-34-27-12-9-22(15-23(27)16-32-34)21-7-10-25(11-8-21)38-19-24-18-35(17-20-5-3-2-4-6-20)14-13-26(24)33-39(36,37)28(29,30)31/h2-7,9,12,15-16,24-26,33H,8,10-11,13-14,17-19H2,1H3/t24-,25?,26-/m0/s1. The van der Waals surface area contributed by atoms with Crippen molar-refractivity contribution in [2.45, 2.75) is 49.9 Å². The number of alkyl halides is 3. The van der Waals surface area contributed by atoms with E-state index >= 15 is 0 Å². The molecule has 2 aromatic carbocycles. The maximum Gasteiger partial charge on any atom is 0.511 e. The van der Waals surface area contributed by atoms with Crippen LogP contribution in [0.4, 0.5) is 13.2 Å². The molecule has 2 heterocycles. The van der Waals surface area contributed by atoms with E-state index in [4.69, 9.17) is 4.74 Å². The maximum absolute atomic E-state index is 13.1. The Morgan fingerprint density at radius 2 is 1.92 bits per heavy atom. The van der Waals surface area contributed by atoms with Crippen LogP contribution in [-0.2, 0) is 28.4 Å². The minimum atomic E-state index is -5.44. The summed E-state index contributed by atoms with van der Waals surface area (Å²) >= 11 is 0. The van der Waals surface area contributed by atoms with Gasteiger partial charge in [0.1, 0.15) is 0 Å². The highest BCUT2D eigenvalue weighted by atomic mass is 32.2. The molecule has 210 valence electrons. The Labute approximate surface area is 226 Å². The van der Waals surface area contributed by atoms with Gasteiger partial charge in [-0.2, -0.15) is 18.3 Å². The van der Waals surface area contributed by atoms with Gasteiger partial charge in [-0.15, -0.1) is 0 Å². The summed E-state index contributed by atoms with van der Waals surface area (Å²) in [6, 6.07) is 15.3. The molecule has 11 heteroatoms. The van der Waals surface area contributed by atoms with Crippen LogP contribution in [0.25, 0.3) is 16.5 Å². The summed E-state index contributed by atoms with van der Waals surface area (Å²) in [5.74, 6) is -0.405. The van der Waals surface area contributed by atoms with Gasteiger partial charge in [0.2, 0.25) is 0 Å². The fraction of sp³-hybridized carbons (Fsp3) is 0.464. The average molecular weight is 563 g/mol. The number of sulfonamides is 1. The third-order valence-corrected chi connectivity index (χ3v) is 8.93. The molecule has 2 aliphatic rings. The molecule has 1 aromatic heterocycles. The van der Waals surface area contributed by atoms with E-state index in [0.717, 1.165) is 34.9 Å². The number of hydrogen-bond acceptors (Lipinski definition) is 5. The number of nitrogens with zero attached hydrogens (tertiary/aromatic N) is 3. The SMILES string of the molecule is Cn1ncc2cc(C3=CCC(OC[C@@H]4CN(Cc5ccccc5)CC[C@@H]4NS(=O)(=O)C(F)(F)F)CC3)ccc21. The third kappa shape index (κ3) is 6.54. The van der Waals surface area contributed by atoms with E-state index < -0.39 is 27.5 Å². The van der Waals surface area contributed by atoms with Gasteiger partial charge in [-0.05, 0) is 54.5 Å². The van der Waals surface area contributed by atoms with Gasteiger partial charge in [-0.3, -0.25) is 9.58 Å². The number of aromatic nitrogens is 2. The molecule has 0 amide bonds. The van der Waals surface area contributed by atoms with Crippen molar-refractivity contribution < 1.29 is 26.3 Å². The van der Waals surface area contributed by atoms with Crippen molar-refractivity contribution in [2.75, 3.05) is 19.7 Å². The lowest BCUT2D eigenvalue weighted by atomic mass is 9.90. The smallest absolute Gasteiger partial charge is 0.377 e. The zero-order valence-electron chi connectivity index (χ0n) is 21.8. The molecule has 3 atom stereocenters. The molecule has 3 aromatic rings. The maximum atomic E-state index is 13.1. The van der Waals surface area contributed by atoms with Crippen LogP contribution in [0.15, 0.2) is 60.8 Å². The number of aryl methyl sites for hydroxylation is 1. The van der Waals surface area contributed by atoms with Crippen LogP contribution in [0, 0.1) is 5.92 Å². The van der Waals surface area contributed by atoms with Gasteiger partial charge in [-0.25, -0.2) is 13.1 Å². The summed E-state index contributed by atoms with van der Waals surface area (Å²) in [6.07, 6.45) is 6.53. The Hall–Kier alpha value is -2.73. The number of allylic oxidation sites excluding steroid dienone is 1. The molecule has 1 aliphatic heterocycles. The summed E-state index contributed by atoms with van der Waals surface area (Å²) in [5.41, 5.74) is -0.785. The molecule has 1 N–H and O–H groups in total. The molecule has 0 saturated carbocycles. The van der Waals surface area contributed by atoms with Crippen LogP contribution in [0.2, 0.25) is 0 Å². The first-order valence-electron chi connectivity index (χ1n) is 13.2. The van der Waals surface area contributed by atoms with Gasteiger partial charge < -0.3 is 4.74 Å². The fourth-order valence-electron chi connectivity index (χ4n) is 5.53. The zero-order valence-corrected chi connectivity index (χ0v) is 22.6. The second-order valence-corrected chi connectivity index (χ2v) is 12.1. The zero-order chi connectivity index (χ0) is 27.6. The largest absolute Gasteiger partial charge is 0.511 e. The summed E-state index contributed by atoms with van der Waals surface area (Å²) < 4.78 is 73.1. The van der Waals surface area contributed by atoms with E-state index in [0.29, 0.717) is 26.1 Å². The summed E-state index contributed by atoms with van der Waals surface area (Å²) in [5, 5.41) is 5.38. The molecule has 39 heavy (non-hydrogen) atoms. The van der Waals surface area contributed by atoms with Crippen molar-refractivity contribution in [3.63, 3.8) is 0 Å². The number of rotatable bonds is 8.